The van der Waals surface area contributed by atoms with E-state index in [0.717, 1.165) is 42.1 Å². The summed E-state index contributed by atoms with van der Waals surface area (Å²) < 4.78 is 6.54. The lowest BCUT2D eigenvalue weighted by atomic mass is 10.2. The van der Waals surface area contributed by atoms with Gasteiger partial charge in [0.15, 0.2) is 5.13 Å². The second-order valence-corrected chi connectivity index (χ2v) is 8.26. The van der Waals surface area contributed by atoms with E-state index in [0.29, 0.717) is 18.3 Å². The Labute approximate surface area is 175 Å². The van der Waals surface area contributed by atoms with Crippen LogP contribution in [0.25, 0.3) is 10.2 Å². The maximum absolute atomic E-state index is 12.5. The largest absolute Gasteiger partial charge is 0.494 e. The van der Waals surface area contributed by atoms with Crippen molar-refractivity contribution in [2.45, 2.75) is 13.8 Å². The quantitative estimate of drug-likeness (QED) is 0.671. The lowest BCUT2D eigenvalue weighted by Gasteiger charge is -2.35. The van der Waals surface area contributed by atoms with Crippen LogP contribution in [0.3, 0.4) is 0 Å². The Bertz CT molecular complexity index is 995. The number of nitrogens with one attached hydrogen (secondary N) is 1. The summed E-state index contributed by atoms with van der Waals surface area (Å²) >= 11 is 1.48. The fraction of sp³-hybridized carbons (Fsp3) is 0.364. The Morgan fingerprint density at radius 3 is 2.76 bits per heavy atom. The lowest BCUT2D eigenvalue weighted by molar-refractivity contribution is -0.117. The predicted octanol–water partition coefficient (Wildman–Crippen LogP) is 3.76. The summed E-state index contributed by atoms with van der Waals surface area (Å²) in [5, 5.41) is 3.59. The molecule has 4 rings (SSSR count). The molecule has 0 unspecified atom stereocenters. The number of thiazole rings is 1. The molecule has 7 heteroatoms. The Morgan fingerprint density at radius 2 is 2.00 bits per heavy atom. The van der Waals surface area contributed by atoms with Crippen molar-refractivity contribution in [2.24, 2.45) is 0 Å². The molecule has 1 fully saturated rings. The van der Waals surface area contributed by atoms with Crippen molar-refractivity contribution in [3.63, 3.8) is 0 Å². The molecule has 0 atom stereocenters. The molecule has 0 aliphatic carbocycles. The fourth-order valence-corrected chi connectivity index (χ4v) is 4.48. The molecule has 2 aromatic carbocycles. The third-order valence-corrected chi connectivity index (χ3v) is 5.96. The monoisotopic (exact) mass is 410 g/mol. The molecule has 0 radical (unpaired) electrons. The molecule has 152 valence electrons. The SMILES string of the molecule is CCOc1ccc2nc(NC(=O)CN3CCN(c4cccc(C)c4)CC3)sc2c1. The number of piperazine rings is 1. The van der Waals surface area contributed by atoms with Gasteiger partial charge in [-0.15, -0.1) is 0 Å². The van der Waals surface area contributed by atoms with Gasteiger partial charge < -0.3 is 15.0 Å². The number of rotatable bonds is 6. The van der Waals surface area contributed by atoms with Crippen LogP contribution in [0.4, 0.5) is 10.8 Å². The molecule has 0 bridgehead atoms. The molecule has 29 heavy (non-hydrogen) atoms. The first-order valence-electron chi connectivity index (χ1n) is 9.98. The van der Waals surface area contributed by atoms with Crippen LogP contribution in [0.15, 0.2) is 42.5 Å². The second kappa shape index (κ2) is 8.80. The highest BCUT2D eigenvalue weighted by Gasteiger charge is 2.20. The van der Waals surface area contributed by atoms with Crippen molar-refractivity contribution in [1.82, 2.24) is 9.88 Å². The number of aromatic nitrogens is 1. The van der Waals surface area contributed by atoms with Gasteiger partial charge in [0, 0.05) is 31.9 Å². The zero-order valence-corrected chi connectivity index (χ0v) is 17.7. The third-order valence-electron chi connectivity index (χ3n) is 5.02. The smallest absolute Gasteiger partial charge is 0.240 e. The summed E-state index contributed by atoms with van der Waals surface area (Å²) in [6.45, 7) is 8.70. The Kier molecular flexibility index (Phi) is 5.97. The van der Waals surface area contributed by atoms with E-state index in [4.69, 9.17) is 4.74 Å². The number of carbonyl (C=O) groups excluding carboxylic acids is 1. The van der Waals surface area contributed by atoms with Gasteiger partial charge in [0.25, 0.3) is 0 Å². The minimum absolute atomic E-state index is 0.0157. The van der Waals surface area contributed by atoms with E-state index in [-0.39, 0.29) is 5.91 Å². The van der Waals surface area contributed by atoms with Crippen molar-refractivity contribution in [3.8, 4) is 5.75 Å². The van der Waals surface area contributed by atoms with Crippen LogP contribution >= 0.6 is 11.3 Å². The molecule has 0 saturated carbocycles. The number of carbonyl (C=O) groups is 1. The number of benzene rings is 2. The summed E-state index contributed by atoms with van der Waals surface area (Å²) in [6.07, 6.45) is 0. The summed E-state index contributed by atoms with van der Waals surface area (Å²) in [4.78, 5) is 21.6. The number of anilines is 2. The average Bonchev–Trinajstić information content (AvgIpc) is 3.10. The standard InChI is InChI=1S/C22H26N4O2S/c1-3-28-18-7-8-19-20(14-18)29-22(23-19)24-21(27)15-25-9-11-26(12-10-25)17-6-4-5-16(2)13-17/h4-8,13-14H,3,9-12,15H2,1-2H3,(H,23,24,27). The number of fused-ring (bicyclic) bond motifs is 1. The second-order valence-electron chi connectivity index (χ2n) is 7.23. The zero-order chi connectivity index (χ0) is 20.2. The van der Waals surface area contributed by atoms with Crippen LogP contribution in [0.2, 0.25) is 0 Å². The molecule has 1 saturated heterocycles. The summed E-state index contributed by atoms with van der Waals surface area (Å²) in [7, 11) is 0. The van der Waals surface area contributed by atoms with Gasteiger partial charge in [0.2, 0.25) is 5.91 Å². The molecule has 1 aromatic heterocycles. The number of hydrogen-bond acceptors (Lipinski definition) is 6. The molecular formula is C22H26N4O2S. The number of aryl methyl sites for hydroxylation is 1. The zero-order valence-electron chi connectivity index (χ0n) is 16.9. The number of hydrogen-bond donors (Lipinski definition) is 1. The van der Waals surface area contributed by atoms with Gasteiger partial charge >= 0.3 is 0 Å². The Hall–Kier alpha value is -2.64. The third kappa shape index (κ3) is 4.86. The topological polar surface area (TPSA) is 57.7 Å². The van der Waals surface area contributed by atoms with Crippen molar-refractivity contribution >= 4 is 38.3 Å². The van der Waals surface area contributed by atoms with Gasteiger partial charge in [-0.1, -0.05) is 23.5 Å². The van der Waals surface area contributed by atoms with E-state index in [1.807, 2.05) is 25.1 Å². The normalized spacial score (nSPS) is 14.9. The van der Waals surface area contributed by atoms with E-state index < -0.39 is 0 Å². The van der Waals surface area contributed by atoms with E-state index in [9.17, 15) is 4.79 Å². The van der Waals surface area contributed by atoms with E-state index >= 15 is 0 Å². The van der Waals surface area contributed by atoms with Crippen molar-refractivity contribution in [2.75, 3.05) is 49.5 Å². The Balaban J connectivity index is 1.30. The van der Waals surface area contributed by atoms with Crippen LogP contribution in [0.5, 0.6) is 5.75 Å². The molecule has 1 N–H and O–H groups in total. The highest BCUT2D eigenvalue weighted by molar-refractivity contribution is 7.22. The van der Waals surface area contributed by atoms with Gasteiger partial charge in [0.05, 0.1) is 23.4 Å². The molecule has 2 heterocycles. The highest BCUT2D eigenvalue weighted by Crippen LogP contribution is 2.29. The molecule has 1 amide bonds. The van der Waals surface area contributed by atoms with E-state index in [1.165, 1.54) is 22.6 Å². The number of nitrogens with zero attached hydrogens (tertiary/aromatic N) is 3. The average molecular weight is 411 g/mol. The number of ether oxygens (including phenoxy) is 1. The maximum atomic E-state index is 12.5. The van der Waals surface area contributed by atoms with Gasteiger partial charge in [-0.3, -0.25) is 9.69 Å². The molecule has 1 aliphatic rings. The minimum atomic E-state index is -0.0157. The van der Waals surface area contributed by atoms with Crippen molar-refractivity contribution in [1.29, 1.82) is 0 Å². The van der Waals surface area contributed by atoms with Crippen molar-refractivity contribution < 1.29 is 9.53 Å². The Morgan fingerprint density at radius 1 is 1.17 bits per heavy atom. The van der Waals surface area contributed by atoms with Crippen LogP contribution < -0.4 is 15.0 Å². The van der Waals surface area contributed by atoms with Crippen LogP contribution in [0.1, 0.15) is 12.5 Å². The molecule has 6 nitrogen and oxygen atoms in total. The highest BCUT2D eigenvalue weighted by atomic mass is 32.1. The maximum Gasteiger partial charge on any atom is 0.240 e. The molecule has 0 spiro atoms. The van der Waals surface area contributed by atoms with Gasteiger partial charge in [-0.05, 0) is 49.7 Å². The first-order valence-corrected chi connectivity index (χ1v) is 10.8. The van der Waals surface area contributed by atoms with Crippen LogP contribution in [-0.4, -0.2) is 55.1 Å². The van der Waals surface area contributed by atoms with Crippen molar-refractivity contribution in [3.05, 3.63) is 48.0 Å². The van der Waals surface area contributed by atoms with Gasteiger partial charge in [0.1, 0.15) is 5.75 Å². The first-order chi connectivity index (χ1) is 14.1. The summed E-state index contributed by atoms with van der Waals surface area (Å²) in [5.41, 5.74) is 3.41. The van der Waals surface area contributed by atoms with Gasteiger partial charge in [-0.2, -0.15) is 0 Å². The van der Waals surface area contributed by atoms with Crippen LogP contribution in [0, 0.1) is 6.92 Å². The number of amides is 1. The van der Waals surface area contributed by atoms with Gasteiger partial charge in [-0.25, -0.2) is 4.98 Å². The van der Waals surface area contributed by atoms with E-state index in [1.54, 1.807) is 0 Å². The summed E-state index contributed by atoms with van der Waals surface area (Å²) in [6, 6.07) is 14.4. The predicted molar refractivity (Wildman–Crippen MR) is 119 cm³/mol. The lowest BCUT2D eigenvalue weighted by Crippen LogP contribution is -2.48. The first kappa shape index (κ1) is 19.7. The summed E-state index contributed by atoms with van der Waals surface area (Å²) in [5.74, 6) is 0.811. The molecule has 1 aliphatic heterocycles. The molecule has 3 aromatic rings. The molecular weight excluding hydrogens is 384 g/mol. The van der Waals surface area contributed by atoms with E-state index in [2.05, 4.69) is 51.3 Å². The minimum Gasteiger partial charge on any atom is -0.494 e. The fourth-order valence-electron chi connectivity index (χ4n) is 3.57. The van der Waals surface area contributed by atoms with Crippen LogP contribution in [-0.2, 0) is 4.79 Å².